The average Bonchev–Trinajstić information content (AvgIpc) is 2.78. The molecule has 0 bridgehead atoms. The van der Waals surface area contributed by atoms with Gasteiger partial charge in [-0.25, -0.2) is 14.6 Å². The van der Waals surface area contributed by atoms with Gasteiger partial charge in [0.1, 0.15) is 13.2 Å². The molecule has 0 unspecified atom stereocenters. The maximum atomic E-state index is 13.2. The van der Waals surface area contributed by atoms with E-state index in [1.807, 2.05) is 54.6 Å². The lowest BCUT2D eigenvalue weighted by Crippen LogP contribution is -2.57. The summed E-state index contributed by atoms with van der Waals surface area (Å²) in [5.74, 6) is -0.536. The van der Waals surface area contributed by atoms with Gasteiger partial charge in [0.05, 0.1) is 6.54 Å². The van der Waals surface area contributed by atoms with E-state index in [0.717, 1.165) is 21.1 Å². The van der Waals surface area contributed by atoms with Crippen molar-refractivity contribution in [2.75, 3.05) is 6.54 Å². The molecule has 1 aliphatic heterocycles. The second kappa shape index (κ2) is 9.93. The van der Waals surface area contributed by atoms with Crippen molar-refractivity contribution in [2.45, 2.75) is 33.5 Å². The molecule has 7 heteroatoms. The summed E-state index contributed by atoms with van der Waals surface area (Å²) in [7, 11) is 0. The number of hydrogen-bond acceptors (Lipinski definition) is 5. The molecule has 2 aromatic carbocycles. The molecule has 0 N–H and O–H groups in total. The summed E-state index contributed by atoms with van der Waals surface area (Å²) in [6.45, 7) is 3.44. The topological polar surface area (TPSA) is 76.2 Å². The Morgan fingerprint density at radius 3 is 1.90 bits per heavy atom. The fraction of sp³-hybridized carbons (Fsp3) is 0.292. The van der Waals surface area contributed by atoms with Crippen LogP contribution >= 0.6 is 0 Å². The third kappa shape index (κ3) is 5.72. The van der Waals surface area contributed by atoms with Gasteiger partial charge in [0.25, 0.3) is 5.91 Å². The Morgan fingerprint density at radius 1 is 0.839 bits per heavy atom. The average molecular weight is 422 g/mol. The van der Waals surface area contributed by atoms with Gasteiger partial charge in [-0.2, -0.15) is 0 Å². The first kappa shape index (κ1) is 22.1. The van der Waals surface area contributed by atoms with Crippen molar-refractivity contribution in [3.8, 4) is 0 Å². The summed E-state index contributed by atoms with van der Waals surface area (Å²) < 4.78 is 10.7. The van der Waals surface area contributed by atoms with E-state index in [1.165, 1.54) is 0 Å². The number of nitrogens with zero attached hydrogens (tertiary/aromatic N) is 2. The zero-order valence-corrected chi connectivity index (χ0v) is 17.7. The van der Waals surface area contributed by atoms with Crippen molar-refractivity contribution in [1.82, 2.24) is 10.0 Å². The lowest BCUT2D eigenvalue weighted by atomic mass is 9.87. The summed E-state index contributed by atoms with van der Waals surface area (Å²) in [6, 6.07) is 18.3. The van der Waals surface area contributed by atoms with Crippen LogP contribution in [0.1, 0.15) is 31.4 Å². The minimum Gasteiger partial charge on any atom is -0.443 e. The standard InChI is InChI=1S/C24H26N2O5/c1-24(2)15-9-10-16-25(22(28)30-17-19-11-5-3-6-12-19)26(21(24)27)23(29)31-18-20-13-7-4-8-14-20/h3-14H,15-18H2,1-2H3/b10-9-. The van der Waals surface area contributed by atoms with Crippen molar-refractivity contribution < 1.29 is 23.9 Å². The number of allylic oxidation sites excluding steroid dienone is 1. The number of carbonyl (C=O) groups is 3. The molecule has 0 saturated heterocycles. The summed E-state index contributed by atoms with van der Waals surface area (Å²) >= 11 is 0. The first-order chi connectivity index (χ1) is 14.9. The normalized spacial score (nSPS) is 16.8. The molecule has 7 nitrogen and oxygen atoms in total. The number of amides is 3. The number of hydrogen-bond donors (Lipinski definition) is 0. The summed E-state index contributed by atoms with van der Waals surface area (Å²) in [4.78, 5) is 39.0. The highest BCUT2D eigenvalue weighted by Crippen LogP contribution is 2.28. The van der Waals surface area contributed by atoms with Crippen LogP contribution in [0.4, 0.5) is 9.59 Å². The highest BCUT2D eigenvalue weighted by atomic mass is 16.6. The molecule has 0 aromatic heterocycles. The van der Waals surface area contributed by atoms with Crippen molar-refractivity contribution in [3.63, 3.8) is 0 Å². The van der Waals surface area contributed by atoms with Gasteiger partial charge >= 0.3 is 12.2 Å². The van der Waals surface area contributed by atoms with Crippen molar-refractivity contribution in [1.29, 1.82) is 0 Å². The first-order valence-corrected chi connectivity index (χ1v) is 10.1. The smallest absolute Gasteiger partial charge is 0.436 e. The monoisotopic (exact) mass is 422 g/mol. The fourth-order valence-electron chi connectivity index (χ4n) is 3.03. The number of rotatable bonds is 4. The van der Waals surface area contributed by atoms with Gasteiger partial charge in [0, 0.05) is 5.41 Å². The van der Waals surface area contributed by atoms with Gasteiger partial charge < -0.3 is 9.47 Å². The van der Waals surface area contributed by atoms with E-state index >= 15 is 0 Å². The zero-order chi connectivity index (χ0) is 22.3. The Hall–Kier alpha value is -3.61. The number of benzene rings is 2. The molecule has 0 saturated carbocycles. The van der Waals surface area contributed by atoms with Crippen LogP contribution in [-0.2, 0) is 27.5 Å². The Labute approximate surface area is 181 Å². The predicted molar refractivity (Wildman–Crippen MR) is 114 cm³/mol. The number of imide groups is 1. The second-order valence-electron chi connectivity index (χ2n) is 7.84. The van der Waals surface area contributed by atoms with Crippen LogP contribution in [0.3, 0.4) is 0 Å². The maximum absolute atomic E-state index is 13.2. The SMILES string of the molecule is CC1(C)C/C=C\CN(C(=O)OCc2ccccc2)N(C(=O)OCc2ccccc2)C1=O. The summed E-state index contributed by atoms with van der Waals surface area (Å²) in [6.07, 6.45) is 2.25. The van der Waals surface area contributed by atoms with Crippen LogP contribution in [0.2, 0.25) is 0 Å². The Bertz CT molecular complexity index is 941. The van der Waals surface area contributed by atoms with Gasteiger partial charge in [-0.3, -0.25) is 4.79 Å². The summed E-state index contributed by atoms with van der Waals surface area (Å²) in [5, 5.41) is 1.75. The highest BCUT2D eigenvalue weighted by Gasteiger charge is 2.42. The number of hydrazine groups is 1. The van der Waals surface area contributed by atoms with Gasteiger partial charge in [-0.05, 0) is 17.5 Å². The molecule has 1 heterocycles. The Balaban J connectivity index is 1.79. The van der Waals surface area contributed by atoms with Crippen molar-refractivity contribution >= 4 is 18.1 Å². The molecule has 0 aliphatic carbocycles. The number of carbonyl (C=O) groups excluding carboxylic acids is 3. The minimum absolute atomic E-state index is 0.00980. The predicted octanol–water partition coefficient (Wildman–Crippen LogP) is 4.69. The molecular weight excluding hydrogens is 396 g/mol. The van der Waals surface area contributed by atoms with Crippen LogP contribution in [0.5, 0.6) is 0 Å². The third-order valence-corrected chi connectivity index (χ3v) is 4.88. The fourth-order valence-corrected chi connectivity index (χ4v) is 3.03. The maximum Gasteiger partial charge on any atom is 0.436 e. The van der Waals surface area contributed by atoms with Crippen LogP contribution in [-0.4, -0.2) is 34.7 Å². The largest absolute Gasteiger partial charge is 0.443 e. The second-order valence-corrected chi connectivity index (χ2v) is 7.84. The van der Waals surface area contributed by atoms with Crippen LogP contribution in [0.25, 0.3) is 0 Å². The van der Waals surface area contributed by atoms with Gasteiger partial charge in [-0.15, -0.1) is 5.01 Å². The summed E-state index contributed by atoms with van der Waals surface area (Å²) in [5.41, 5.74) is 0.664. The number of ether oxygens (including phenoxy) is 2. The van der Waals surface area contributed by atoms with Crippen LogP contribution in [0.15, 0.2) is 72.8 Å². The molecule has 3 amide bonds. The van der Waals surface area contributed by atoms with E-state index in [4.69, 9.17) is 9.47 Å². The Morgan fingerprint density at radius 2 is 1.35 bits per heavy atom. The van der Waals surface area contributed by atoms with Crippen molar-refractivity contribution in [2.24, 2.45) is 5.41 Å². The third-order valence-electron chi connectivity index (χ3n) is 4.88. The molecule has 0 atom stereocenters. The Kier molecular flexibility index (Phi) is 7.07. The molecule has 162 valence electrons. The van der Waals surface area contributed by atoms with Crippen LogP contribution in [0, 0.1) is 5.41 Å². The van der Waals surface area contributed by atoms with Gasteiger partial charge in [0.15, 0.2) is 0 Å². The minimum atomic E-state index is -0.922. The van der Waals surface area contributed by atoms with Crippen LogP contribution < -0.4 is 0 Å². The molecule has 0 spiro atoms. The van der Waals surface area contributed by atoms with Crippen molar-refractivity contribution in [3.05, 3.63) is 83.9 Å². The quantitative estimate of drug-likeness (QED) is 0.668. The highest BCUT2D eigenvalue weighted by molar-refractivity contribution is 5.96. The van der Waals surface area contributed by atoms with Gasteiger partial charge in [0.2, 0.25) is 0 Å². The van der Waals surface area contributed by atoms with E-state index in [2.05, 4.69) is 0 Å². The van der Waals surface area contributed by atoms with E-state index in [9.17, 15) is 14.4 Å². The van der Waals surface area contributed by atoms with E-state index in [0.29, 0.717) is 6.42 Å². The molecular formula is C24H26N2O5. The molecule has 3 rings (SSSR count). The molecule has 0 fully saturated rings. The molecule has 0 radical (unpaired) electrons. The van der Waals surface area contributed by atoms with E-state index in [1.54, 1.807) is 32.1 Å². The van der Waals surface area contributed by atoms with Gasteiger partial charge in [-0.1, -0.05) is 86.7 Å². The lowest BCUT2D eigenvalue weighted by molar-refractivity contribution is -0.151. The first-order valence-electron chi connectivity index (χ1n) is 10.1. The lowest BCUT2D eigenvalue weighted by Gasteiger charge is -2.36. The van der Waals surface area contributed by atoms with E-state index < -0.39 is 23.5 Å². The molecule has 2 aromatic rings. The molecule has 1 aliphatic rings. The molecule has 31 heavy (non-hydrogen) atoms. The zero-order valence-electron chi connectivity index (χ0n) is 17.7. The van der Waals surface area contributed by atoms with E-state index in [-0.39, 0.29) is 19.8 Å².